The van der Waals surface area contributed by atoms with Crippen molar-refractivity contribution in [2.75, 3.05) is 0 Å². The van der Waals surface area contributed by atoms with Gasteiger partial charge in [0.2, 0.25) is 0 Å². The van der Waals surface area contributed by atoms with Crippen LogP contribution in [0.1, 0.15) is 22.8 Å². The van der Waals surface area contributed by atoms with E-state index in [-0.39, 0.29) is 38.5 Å². The molecule has 2 aromatic carbocycles. The van der Waals surface area contributed by atoms with E-state index in [0.29, 0.717) is 22.8 Å². The normalized spacial score (nSPS) is 11.2. The topological polar surface area (TPSA) is 152 Å². The average Bonchev–Trinajstić information content (AvgIpc) is 3.45. The van der Waals surface area contributed by atoms with Gasteiger partial charge in [0, 0.05) is 21.3 Å². The van der Waals surface area contributed by atoms with E-state index in [9.17, 15) is 9.59 Å². The minimum atomic E-state index is -0.205. The van der Waals surface area contributed by atoms with Crippen LogP contribution in [0.15, 0.2) is 90.8 Å². The van der Waals surface area contributed by atoms with E-state index in [0.717, 1.165) is 21.8 Å². The fourth-order valence-corrected chi connectivity index (χ4v) is 4.14. The van der Waals surface area contributed by atoms with Gasteiger partial charge in [-0.05, 0) is 48.9 Å². The summed E-state index contributed by atoms with van der Waals surface area (Å²) in [6.07, 6.45) is 2.91. The standard InChI is InChI=1S/2C13H11N5OS.Cu/c2*1-8-16-17-13(20)18(8)14-7-10-6-9-4-2-3-5-11(9)15-12(10)19;/h2*2-7H,1H3,(H,15,19)(H,17,20);/q;;+2/p-2/b2*14-7+;. The van der Waals surface area contributed by atoms with Crippen molar-refractivity contribution in [3.8, 4) is 0 Å². The van der Waals surface area contributed by atoms with Gasteiger partial charge in [-0.15, -0.1) is 10.2 Å². The summed E-state index contributed by atoms with van der Waals surface area (Å²) in [6.45, 7) is 3.48. The van der Waals surface area contributed by atoms with Gasteiger partial charge >= 0.3 is 17.1 Å². The molecule has 0 atom stereocenters. The van der Waals surface area contributed by atoms with E-state index in [2.05, 4.69) is 40.6 Å². The molecule has 4 heterocycles. The molecule has 12 nitrogen and oxygen atoms in total. The third-order valence-corrected chi connectivity index (χ3v) is 6.23. The number of aromatic nitrogens is 8. The Labute approximate surface area is 253 Å². The molecule has 0 bridgehead atoms. The van der Waals surface area contributed by atoms with Crippen LogP contribution in [-0.4, -0.2) is 52.1 Å². The number of para-hydroxylation sites is 2. The number of nitrogens with zero attached hydrogens (tertiary/aromatic N) is 8. The Balaban J connectivity index is 0.000000184. The molecule has 0 aliphatic rings. The third-order valence-electron chi connectivity index (χ3n) is 5.72. The number of rotatable bonds is 4. The monoisotopic (exact) mass is 631 g/mol. The fourth-order valence-electron chi connectivity index (χ4n) is 3.70. The van der Waals surface area contributed by atoms with E-state index in [1.165, 1.54) is 21.8 Å². The van der Waals surface area contributed by atoms with Crippen molar-refractivity contribution in [1.82, 2.24) is 39.7 Å². The summed E-state index contributed by atoms with van der Waals surface area (Å²) in [5.41, 5.74) is 2.07. The molecule has 2 N–H and O–H groups in total. The number of hydrogen-bond acceptors (Lipinski definition) is 10. The number of hydrogen-bond donors (Lipinski definition) is 2. The Bertz CT molecular complexity index is 1840. The van der Waals surface area contributed by atoms with Gasteiger partial charge in [-0.2, -0.15) is 20.4 Å². The molecule has 209 valence electrons. The van der Waals surface area contributed by atoms with Crippen molar-refractivity contribution in [3.63, 3.8) is 0 Å². The number of pyridine rings is 2. The number of fused-ring (bicyclic) bond motifs is 2. The summed E-state index contributed by atoms with van der Waals surface area (Å²) >= 11 is 9.98. The Morgan fingerprint density at radius 3 is 1.44 bits per heavy atom. The first-order valence-corrected chi connectivity index (χ1v) is 12.6. The molecule has 15 heteroatoms. The largest absolute Gasteiger partial charge is 2.00 e. The molecule has 41 heavy (non-hydrogen) atoms. The van der Waals surface area contributed by atoms with Crippen LogP contribution in [0.5, 0.6) is 0 Å². The summed E-state index contributed by atoms with van der Waals surface area (Å²) in [4.78, 5) is 29.5. The predicted octanol–water partition coefficient (Wildman–Crippen LogP) is 2.43. The van der Waals surface area contributed by atoms with E-state index in [1.807, 2.05) is 48.5 Å². The molecule has 6 rings (SSSR count). The maximum absolute atomic E-state index is 11.9. The van der Waals surface area contributed by atoms with Crippen LogP contribution >= 0.6 is 0 Å². The van der Waals surface area contributed by atoms with Gasteiger partial charge in [-0.3, -0.25) is 9.59 Å². The Hall–Kier alpha value is -4.56. The molecule has 6 aromatic rings. The van der Waals surface area contributed by atoms with Crippen LogP contribution in [0.3, 0.4) is 0 Å². The number of aromatic amines is 2. The quantitative estimate of drug-likeness (QED) is 0.171. The van der Waals surface area contributed by atoms with Crippen LogP contribution in [0.25, 0.3) is 21.8 Å². The third kappa shape index (κ3) is 6.61. The average molecular weight is 632 g/mol. The second-order valence-corrected chi connectivity index (χ2v) is 9.18. The molecule has 1 radical (unpaired) electrons. The molecule has 4 aromatic heterocycles. The van der Waals surface area contributed by atoms with Crippen molar-refractivity contribution in [1.29, 1.82) is 0 Å². The van der Waals surface area contributed by atoms with Gasteiger partial charge in [-0.25, -0.2) is 9.35 Å². The Kier molecular flexibility index (Phi) is 9.14. The zero-order valence-electron chi connectivity index (χ0n) is 21.4. The van der Waals surface area contributed by atoms with Crippen LogP contribution < -0.4 is 11.1 Å². The summed E-state index contributed by atoms with van der Waals surface area (Å²) in [7, 11) is 0. The minimum absolute atomic E-state index is 0. The van der Waals surface area contributed by atoms with Gasteiger partial charge in [0.05, 0.1) is 23.6 Å². The zero-order valence-corrected chi connectivity index (χ0v) is 24.0. The second-order valence-electron chi connectivity index (χ2n) is 8.45. The molecule has 0 saturated heterocycles. The van der Waals surface area contributed by atoms with Crippen molar-refractivity contribution in [3.05, 3.63) is 104 Å². The summed E-state index contributed by atoms with van der Waals surface area (Å²) in [5.74, 6) is 1.15. The number of benzene rings is 2. The van der Waals surface area contributed by atoms with Crippen LogP contribution in [0.4, 0.5) is 0 Å². The van der Waals surface area contributed by atoms with Gasteiger partial charge in [0.25, 0.3) is 11.1 Å². The molecule has 0 amide bonds. The van der Waals surface area contributed by atoms with Gasteiger partial charge in [-0.1, -0.05) is 36.4 Å². The zero-order chi connectivity index (χ0) is 28.2. The first-order chi connectivity index (χ1) is 19.3. The number of aryl methyl sites for hydroxylation is 2. The number of H-pyrrole nitrogens is 2. The molecule has 0 aliphatic carbocycles. The first kappa shape index (κ1) is 29.4. The van der Waals surface area contributed by atoms with E-state index >= 15 is 0 Å². The van der Waals surface area contributed by atoms with Crippen LogP contribution in [0.2, 0.25) is 0 Å². The molecular formula is C26H20CuN10O2S2. The number of nitrogens with one attached hydrogen (secondary N) is 2. The van der Waals surface area contributed by atoms with Gasteiger partial charge in [0.15, 0.2) is 0 Å². The Morgan fingerprint density at radius 1 is 0.683 bits per heavy atom. The van der Waals surface area contributed by atoms with Gasteiger partial charge in [0.1, 0.15) is 11.6 Å². The first-order valence-electron chi connectivity index (χ1n) is 11.8. The van der Waals surface area contributed by atoms with Crippen molar-refractivity contribution < 1.29 is 17.1 Å². The smallest absolute Gasteiger partial charge is 0.738 e. The van der Waals surface area contributed by atoms with E-state index < -0.39 is 0 Å². The maximum atomic E-state index is 11.9. The molecular weight excluding hydrogens is 612 g/mol. The SMILES string of the molecule is Cc1nnc([S-])n1/N=C/c1cc2ccccc2[nH]c1=O.Cc1nnc([S-])n1/N=C/c1cc2ccccc2[nH]c1=O.[Cu+2]. The molecule has 0 unspecified atom stereocenters. The Morgan fingerprint density at radius 2 is 1.07 bits per heavy atom. The van der Waals surface area contributed by atoms with E-state index in [4.69, 9.17) is 25.3 Å². The molecule has 0 fully saturated rings. The van der Waals surface area contributed by atoms with Crippen molar-refractivity contribution in [2.45, 2.75) is 24.2 Å². The fraction of sp³-hybridized carbons (Fsp3) is 0.0769. The van der Waals surface area contributed by atoms with Crippen LogP contribution in [-0.2, 0) is 42.3 Å². The second kappa shape index (κ2) is 12.7. The summed E-state index contributed by atoms with van der Waals surface area (Å²) in [6, 6.07) is 18.7. The maximum Gasteiger partial charge on any atom is 2.00 e. The van der Waals surface area contributed by atoms with Crippen molar-refractivity contribution >= 4 is 59.5 Å². The summed E-state index contributed by atoms with van der Waals surface area (Å²) < 4.78 is 2.81. The van der Waals surface area contributed by atoms with E-state index in [1.54, 1.807) is 26.0 Å². The minimum Gasteiger partial charge on any atom is -0.738 e. The van der Waals surface area contributed by atoms with Gasteiger partial charge < -0.3 is 35.2 Å². The van der Waals surface area contributed by atoms with Crippen LogP contribution in [0, 0.1) is 13.8 Å². The molecule has 0 saturated carbocycles. The molecule has 0 aliphatic heterocycles. The molecule has 0 spiro atoms. The predicted molar refractivity (Wildman–Crippen MR) is 156 cm³/mol. The summed E-state index contributed by atoms with van der Waals surface area (Å²) in [5, 5.41) is 25.8. The van der Waals surface area contributed by atoms with Crippen molar-refractivity contribution in [2.24, 2.45) is 10.2 Å².